The first-order chi connectivity index (χ1) is 16.5. The highest BCUT2D eigenvalue weighted by Crippen LogP contribution is 2.19. The molecule has 12 nitrogen and oxygen atoms in total. The Morgan fingerprint density at radius 1 is 0.722 bits per heavy atom. The monoisotopic (exact) mass is 515 g/mol. The van der Waals surface area contributed by atoms with Crippen LogP contribution in [0.4, 0.5) is 0 Å². The summed E-state index contributed by atoms with van der Waals surface area (Å²) in [5, 5.41) is 2.41. The van der Waals surface area contributed by atoms with Crippen LogP contribution >= 0.6 is 0 Å². The summed E-state index contributed by atoms with van der Waals surface area (Å²) in [6, 6.07) is -1.98. The van der Waals surface area contributed by atoms with Gasteiger partial charge in [0.25, 0.3) is 11.8 Å². The zero-order valence-electron chi connectivity index (χ0n) is 22.4. The topological polar surface area (TPSA) is 194 Å². The maximum Gasteiger partial charge on any atom is 0.329 e. The Hall–Kier alpha value is -3.02. The van der Waals surface area contributed by atoms with Crippen LogP contribution in [0.25, 0.3) is 0 Å². The number of amides is 2. The first kappa shape index (κ1) is 33.0. The van der Waals surface area contributed by atoms with Crippen LogP contribution in [0.5, 0.6) is 0 Å². The third-order valence-electron chi connectivity index (χ3n) is 5.54. The van der Waals surface area contributed by atoms with Crippen LogP contribution < -0.4 is 16.8 Å². The Bertz CT molecular complexity index is 811. The van der Waals surface area contributed by atoms with Gasteiger partial charge >= 0.3 is 17.9 Å². The van der Waals surface area contributed by atoms with E-state index in [0.717, 1.165) is 0 Å². The molecule has 0 aromatic heterocycles. The average molecular weight is 516 g/mol. The fraction of sp³-hybridized carbons (Fsp3) is 0.750. The number of ether oxygens (including phenoxy) is 3. The molecule has 0 unspecified atom stereocenters. The molecule has 0 radical (unpaired) electrons. The van der Waals surface area contributed by atoms with Gasteiger partial charge in [0, 0.05) is 6.42 Å². The van der Waals surface area contributed by atoms with Crippen LogP contribution in [-0.4, -0.2) is 66.4 Å². The number of nitrogens with two attached hydrogens (primary N) is 2. The largest absolute Gasteiger partial charge is 0.455 e. The van der Waals surface area contributed by atoms with Crippen LogP contribution in [-0.2, 0) is 43.0 Å². The Kier molecular flexibility index (Phi) is 13.9. The molecule has 206 valence electrons. The average Bonchev–Trinajstić information content (AvgIpc) is 2.77. The molecule has 0 spiro atoms. The Morgan fingerprint density at radius 2 is 1.25 bits per heavy atom. The molecule has 0 bridgehead atoms. The number of hydrogen-bond acceptors (Lipinski definition) is 10. The summed E-state index contributed by atoms with van der Waals surface area (Å²) in [4.78, 5) is 72.9. The standard InChI is InChI=1S/C24H41N3O9/c1-11(2)16(9-17(28)14(7)35-23(32)19(25)12(3)4)22(31)34-10-18(29)27-20(13(5)6)24(33)36-15(8)21(26)30/h11-16,19-20H,9-10,25H2,1-8H3,(H2,26,30)(H,27,29)/t14-,15-,16-,19+,20+/m0/s1. The number of primary amides is 1. The van der Waals surface area contributed by atoms with E-state index in [1.165, 1.54) is 13.8 Å². The van der Waals surface area contributed by atoms with E-state index in [1.807, 2.05) is 0 Å². The van der Waals surface area contributed by atoms with E-state index in [9.17, 15) is 28.8 Å². The summed E-state index contributed by atoms with van der Waals surface area (Å²) in [5.74, 6) is -6.26. The SMILES string of the molecule is CC(C)[C@H](CC(=O)[C@H](C)OC(=O)[C@H](N)C(C)C)C(=O)OCC(=O)N[C@@H](C(=O)O[C@@H](C)C(N)=O)C(C)C. The van der Waals surface area contributed by atoms with Crippen LogP contribution in [0, 0.1) is 23.7 Å². The van der Waals surface area contributed by atoms with Crippen molar-refractivity contribution in [3.05, 3.63) is 0 Å². The number of Topliss-reactive ketones (excluding diaryl/α,β-unsaturated/α-hetero) is 1. The van der Waals surface area contributed by atoms with Crippen molar-refractivity contribution < 1.29 is 43.0 Å². The number of nitrogens with one attached hydrogen (secondary N) is 1. The molecule has 5 atom stereocenters. The lowest BCUT2D eigenvalue weighted by Crippen LogP contribution is -2.48. The molecule has 0 aliphatic heterocycles. The van der Waals surface area contributed by atoms with Crippen molar-refractivity contribution in [2.75, 3.05) is 6.61 Å². The zero-order valence-corrected chi connectivity index (χ0v) is 22.4. The lowest BCUT2D eigenvalue weighted by Gasteiger charge is -2.23. The number of hydrogen-bond donors (Lipinski definition) is 3. The lowest BCUT2D eigenvalue weighted by molar-refractivity contribution is -0.160. The third-order valence-corrected chi connectivity index (χ3v) is 5.54. The molecule has 0 heterocycles. The second-order valence-corrected chi connectivity index (χ2v) is 9.75. The predicted octanol–water partition coefficient (Wildman–Crippen LogP) is 0.234. The van der Waals surface area contributed by atoms with E-state index in [2.05, 4.69) is 5.32 Å². The van der Waals surface area contributed by atoms with Gasteiger partial charge in [0.2, 0.25) is 0 Å². The first-order valence-electron chi connectivity index (χ1n) is 11.9. The quantitative estimate of drug-likeness (QED) is 0.201. The van der Waals surface area contributed by atoms with E-state index in [4.69, 9.17) is 25.7 Å². The number of esters is 3. The Morgan fingerprint density at radius 3 is 1.69 bits per heavy atom. The van der Waals surface area contributed by atoms with Gasteiger partial charge < -0.3 is 31.0 Å². The summed E-state index contributed by atoms with van der Waals surface area (Å²) in [7, 11) is 0. The summed E-state index contributed by atoms with van der Waals surface area (Å²) >= 11 is 0. The highest BCUT2D eigenvalue weighted by molar-refractivity contribution is 5.91. The molecule has 0 saturated heterocycles. The Labute approximate surface area is 212 Å². The van der Waals surface area contributed by atoms with Crippen molar-refractivity contribution >= 4 is 35.5 Å². The van der Waals surface area contributed by atoms with Crippen molar-refractivity contribution in [2.24, 2.45) is 35.1 Å². The number of rotatable bonds is 15. The van der Waals surface area contributed by atoms with Crippen LogP contribution in [0.2, 0.25) is 0 Å². The fourth-order valence-corrected chi connectivity index (χ4v) is 2.83. The summed E-state index contributed by atoms with van der Waals surface area (Å²) in [5.41, 5.74) is 10.8. The minimum absolute atomic E-state index is 0.173. The maximum atomic E-state index is 12.6. The maximum absolute atomic E-state index is 12.6. The molecule has 12 heteroatoms. The van der Waals surface area contributed by atoms with Crippen molar-refractivity contribution in [1.29, 1.82) is 0 Å². The second-order valence-electron chi connectivity index (χ2n) is 9.75. The number of carbonyl (C=O) groups is 6. The van der Waals surface area contributed by atoms with E-state index in [1.54, 1.807) is 41.5 Å². The first-order valence-corrected chi connectivity index (χ1v) is 11.9. The number of ketones is 1. The molecule has 0 aliphatic carbocycles. The third kappa shape index (κ3) is 11.1. The molecule has 36 heavy (non-hydrogen) atoms. The summed E-state index contributed by atoms with van der Waals surface area (Å²) in [6.07, 6.45) is -2.56. The zero-order chi connectivity index (χ0) is 28.3. The van der Waals surface area contributed by atoms with Gasteiger partial charge in [0.15, 0.2) is 24.6 Å². The van der Waals surface area contributed by atoms with Crippen LogP contribution in [0.3, 0.4) is 0 Å². The van der Waals surface area contributed by atoms with E-state index < -0.39 is 78.2 Å². The minimum Gasteiger partial charge on any atom is -0.455 e. The molecular weight excluding hydrogens is 474 g/mol. The van der Waals surface area contributed by atoms with Crippen molar-refractivity contribution in [3.8, 4) is 0 Å². The van der Waals surface area contributed by atoms with Gasteiger partial charge in [0.1, 0.15) is 12.1 Å². The van der Waals surface area contributed by atoms with E-state index in [-0.39, 0.29) is 18.3 Å². The van der Waals surface area contributed by atoms with Gasteiger partial charge in [-0.3, -0.25) is 24.0 Å². The van der Waals surface area contributed by atoms with Gasteiger partial charge in [-0.1, -0.05) is 41.5 Å². The summed E-state index contributed by atoms with van der Waals surface area (Å²) in [6.45, 7) is 12.2. The van der Waals surface area contributed by atoms with Crippen LogP contribution in [0.1, 0.15) is 61.8 Å². The molecule has 0 aromatic rings. The molecule has 5 N–H and O–H groups in total. The number of carbonyl (C=O) groups excluding carboxylic acids is 6. The second kappa shape index (κ2) is 15.2. The smallest absolute Gasteiger partial charge is 0.329 e. The molecular formula is C24H41N3O9. The van der Waals surface area contributed by atoms with Gasteiger partial charge in [-0.15, -0.1) is 0 Å². The molecule has 0 rings (SSSR count). The van der Waals surface area contributed by atoms with Gasteiger partial charge in [-0.2, -0.15) is 0 Å². The van der Waals surface area contributed by atoms with Gasteiger partial charge in [0.05, 0.1) is 5.92 Å². The van der Waals surface area contributed by atoms with Crippen molar-refractivity contribution in [2.45, 2.75) is 86.1 Å². The lowest BCUT2D eigenvalue weighted by atomic mass is 9.89. The molecule has 2 amide bonds. The summed E-state index contributed by atoms with van der Waals surface area (Å²) < 4.78 is 15.1. The Balaban J connectivity index is 5.03. The normalized spacial score (nSPS) is 15.4. The van der Waals surface area contributed by atoms with Gasteiger partial charge in [-0.25, -0.2) is 4.79 Å². The minimum atomic E-state index is -1.18. The van der Waals surface area contributed by atoms with E-state index >= 15 is 0 Å². The molecule has 0 aliphatic rings. The molecule has 0 aromatic carbocycles. The molecule has 0 saturated carbocycles. The highest BCUT2D eigenvalue weighted by atomic mass is 16.6. The van der Waals surface area contributed by atoms with Gasteiger partial charge in [-0.05, 0) is 31.6 Å². The highest BCUT2D eigenvalue weighted by Gasteiger charge is 2.32. The fourth-order valence-electron chi connectivity index (χ4n) is 2.83. The van der Waals surface area contributed by atoms with Crippen molar-refractivity contribution in [1.82, 2.24) is 5.32 Å². The molecule has 0 fully saturated rings. The van der Waals surface area contributed by atoms with Crippen molar-refractivity contribution in [3.63, 3.8) is 0 Å². The van der Waals surface area contributed by atoms with E-state index in [0.29, 0.717) is 0 Å². The predicted molar refractivity (Wildman–Crippen MR) is 129 cm³/mol. The van der Waals surface area contributed by atoms with Crippen LogP contribution in [0.15, 0.2) is 0 Å².